The minimum absolute atomic E-state index is 0.00318. The van der Waals surface area contributed by atoms with Crippen LogP contribution in [0.2, 0.25) is 5.02 Å². The maximum absolute atomic E-state index is 6.09. The van der Waals surface area contributed by atoms with Crippen LogP contribution in [0.25, 0.3) is 16.7 Å². The number of nitrogens with zero attached hydrogens (tertiary/aromatic N) is 3. The van der Waals surface area contributed by atoms with Crippen LogP contribution in [0.15, 0.2) is 36.4 Å². The van der Waals surface area contributed by atoms with Crippen molar-refractivity contribution in [3.63, 3.8) is 0 Å². The molecule has 1 aromatic heterocycles. The molecule has 0 aliphatic carbocycles. The highest BCUT2D eigenvalue weighted by atomic mass is 35.5. The van der Waals surface area contributed by atoms with Crippen molar-refractivity contribution in [1.29, 1.82) is 0 Å². The molecule has 3 nitrogen and oxygen atoms in total. The van der Waals surface area contributed by atoms with E-state index in [4.69, 9.17) is 11.6 Å². The molecule has 0 unspecified atom stereocenters. The lowest BCUT2D eigenvalue weighted by molar-refractivity contribution is 0.566. The number of aromatic nitrogens is 3. The summed E-state index contributed by atoms with van der Waals surface area (Å²) in [5, 5.41) is 10.0. The van der Waals surface area contributed by atoms with Crippen LogP contribution in [-0.4, -0.2) is 15.0 Å². The van der Waals surface area contributed by atoms with Gasteiger partial charge in [-0.3, -0.25) is 0 Å². The number of rotatable bonds is 1. The van der Waals surface area contributed by atoms with Gasteiger partial charge < -0.3 is 0 Å². The second kappa shape index (κ2) is 5.59. The van der Waals surface area contributed by atoms with Crippen LogP contribution in [0.5, 0.6) is 0 Å². The maximum atomic E-state index is 6.09. The first-order valence-corrected chi connectivity index (χ1v) is 8.61. The number of hydrogen-bond acceptors (Lipinski definition) is 2. The summed E-state index contributed by atoms with van der Waals surface area (Å²) in [6.07, 6.45) is 0. The Morgan fingerprint density at radius 3 is 2.08 bits per heavy atom. The molecule has 1 heterocycles. The van der Waals surface area contributed by atoms with Crippen molar-refractivity contribution >= 4 is 22.6 Å². The standard InChI is InChI=1S/C20H24ClN3/c1-19(2,3)13-7-9-15(20(4,5)6)18(11-13)24-22-16-10-8-14(21)12-17(16)23-24/h7-12H,1-6H3. The van der Waals surface area contributed by atoms with Crippen LogP contribution in [0.4, 0.5) is 0 Å². The van der Waals surface area contributed by atoms with Gasteiger partial charge in [-0.05, 0) is 46.2 Å². The second-order valence-electron chi connectivity index (χ2n) is 8.35. The molecule has 24 heavy (non-hydrogen) atoms. The second-order valence-corrected chi connectivity index (χ2v) is 8.79. The minimum atomic E-state index is 0.00318. The highest BCUT2D eigenvalue weighted by Crippen LogP contribution is 2.32. The molecule has 0 aliphatic heterocycles. The Morgan fingerprint density at radius 2 is 1.46 bits per heavy atom. The highest BCUT2D eigenvalue weighted by molar-refractivity contribution is 6.31. The van der Waals surface area contributed by atoms with Crippen LogP contribution in [0.1, 0.15) is 52.7 Å². The molecular formula is C20H24ClN3. The SMILES string of the molecule is CC(C)(C)c1ccc(C(C)(C)C)c(-n2nc3ccc(Cl)cc3n2)c1. The van der Waals surface area contributed by atoms with Gasteiger partial charge in [-0.15, -0.1) is 10.2 Å². The normalized spacial score (nSPS) is 12.8. The largest absolute Gasteiger partial charge is 0.150 e. The first-order chi connectivity index (χ1) is 11.1. The molecule has 0 saturated heterocycles. The summed E-state index contributed by atoms with van der Waals surface area (Å²) in [7, 11) is 0. The van der Waals surface area contributed by atoms with Crippen LogP contribution in [-0.2, 0) is 10.8 Å². The van der Waals surface area contributed by atoms with Gasteiger partial charge in [-0.1, -0.05) is 65.3 Å². The van der Waals surface area contributed by atoms with E-state index in [-0.39, 0.29) is 10.8 Å². The summed E-state index contributed by atoms with van der Waals surface area (Å²) < 4.78 is 0. The smallest absolute Gasteiger partial charge is 0.115 e. The van der Waals surface area contributed by atoms with Crippen LogP contribution in [0, 0.1) is 0 Å². The zero-order chi connectivity index (χ0) is 17.7. The fourth-order valence-electron chi connectivity index (χ4n) is 2.79. The third-order valence-corrected chi connectivity index (χ3v) is 4.46. The summed E-state index contributed by atoms with van der Waals surface area (Å²) >= 11 is 6.09. The van der Waals surface area contributed by atoms with Crippen molar-refractivity contribution in [2.24, 2.45) is 0 Å². The van der Waals surface area contributed by atoms with Gasteiger partial charge in [-0.25, -0.2) is 0 Å². The zero-order valence-electron chi connectivity index (χ0n) is 15.2. The molecule has 0 fully saturated rings. The Balaban J connectivity index is 2.26. The maximum Gasteiger partial charge on any atom is 0.115 e. The lowest BCUT2D eigenvalue weighted by Gasteiger charge is -2.26. The van der Waals surface area contributed by atoms with E-state index in [9.17, 15) is 0 Å². The number of hydrogen-bond donors (Lipinski definition) is 0. The van der Waals surface area contributed by atoms with E-state index in [1.54, 1.807) is 4.80 Å². The summed E-state index contributed by atoms with van der Waals surface area (Å²) in [5.74, 6) is 0. The monoisotopic (exact) mass is 341 g/mol. The Labute approximate surface area is 148 Å². The predicted octanol–water partition coefficient (Wildman–Crippen LogP) is 5.67. The fraction of sp³-hybridized carbons (Fsp3) is 0.400. The molecule has 0 N–H and O–H groups in total. The summed E-state index contributed by atoms with van der Waals surface area (Å²) in [6.45, 7) is 13.3. The first-order valence-electron chi connectivity index (χ1n) is 8.24. The van der Waals surface area contributed by atoms with E-state index in [0.29, 0.717) is 5.02 Å². The van der Waals surface area contributed by atoms with Gasteiger partial charge in [0.15, 0.2) is 0 Å². The third kappa shape index (κ3) is 3.18. The van der Waals surface area contributed by atoms with Crippen molar-refractivity contribution in [2.45, 2.75) is 52.4 Å². The molecule has 0 atom stereocenters. The van der Waals surface area contributed by atoms with Crippen LogP contribution < -0.4 is 0 Å². The molecule has 0 aliphatic rings. The highest BCUT2D eigenvalue weighted by Gasteiger charge is 2.23. The van der Waals surface area contributed by atoms with Crippen molar-refractivity contribution < 1.29 is 0 Å². The molecule has 0 radical (unpaired) electrons. The van der Waals surface area contributed by atoms with Gasteiger partial charge in [0.1, 0.15) is 11.0 Å². The predicted molar refractivity (Wildman–Crippen MR) is 101 cm³/mol. The molecule has 4 heteroatoms. The van der Waals surface area contributed by atoms with E-state index in [1.807, 2.05) is 18.2 Å². The topological polar surface area (TPSA) is 30.7 Å². The molecule has 3 aromatic rings. The van der Waals surface area contributed by atoms with Crippen molar-refractivity contribution in [1.82, 2.24) is 15.0 Å². The van der Waals surface area contributed by atoms with Gasteiger partial charge >= 0.3 is 0 Å². The summed E-state index contributed by atoms with van der Waals surface area (Å²) in [6, 6.07) is 12.2. The third-order valence-electron chi connectivity index (χ3n) is 4.23. The minimum Gasteiger partial charge on any atom is -0.150 e. The van der Waals surface area contributed by atoms with Crippen molar-refractivity contribution in [2.75, 3.05) is 0 Å². The van der Waals surface area contributed by atoms with Gasteiger partial charge in [-0.2, -0.15) is 4.80 Å². The molecule has 2 aromatic carbocycles. The van der Waals surface area contributed by atoms with Crippen LogP contribution in [0.3, 0.4) is 0 Å². The molecule has 126 valence electrons. The van der Waals surface area contributed by atoms with E-state index < -0.39 is 0 Å². The van der Waals surface area contributed by atoms with E-state index >= 15 is 0 Å². The zero-order valence-corrected chi connectivity index (χ0v) is 15.9. The van der Waals surface area contributed by atoms with Gasteiger partial charge in [0, 0.05) is 5.02 Å². The van der Waals surface area contributed by atoms with Crippen molar-refractivity contribution in [3.05, 3.63) is 52.5 Å². The average Bonchev–Trinajstić information content (AvgIpc) is 2.87. The lowest BCUT2D eigenvalue weighted by atomic mass is 9.81. The Morgan fingerprint density at radius 1 is 0.792 bits per heavy atom. The molecular weight excluding hydrogens is 318 g/mol. The van der Waals surface area contributed by atoms with Gasteiger partial charge in [0.05, 0.1) is 5.69 Å². The Hall–Kier alpha value is -1.87. The first kappa shape index (κ1) is 17.0. The van der Waals surface area contributed by atoms with E-state index in [0.717, 1.165) is 16.7 Å². The molecule has 0 saturated carbocycles. The van der Waals surface area contributed by atoms with Gasteiger partial charge in [0.25, 0.3) is 0 Å². The quantitative estimate of drug-likeness (QED) is 0.571. The lowest BCUT2D eigenvalue weighted by Crippen LogP contribution is -2.19. The Bertz CT molecular complexity index is 895. The van der Waals surface area contributed by atoms with Crippen molar-refractivity contribution in [3.8, 4) is 5.69 Å². The number of benzene rings is 2. The van der Waals surface area contributed by atoms with Gasteiger partial charge in [0.2, 0.25) is 0 Å². The Kier molecular flexibility index (Phi) is 3.95. The molecule has 3 rings (SSSR count). The summed E-state index contributed by atoms with van der Waals surface area (Å²) in [4.78, 5) is 1.75. The van der Waals surface area contributed by atoms with Crippen LogP contribution >= 0.6 is 11.6 Å². The van der Waals surface area contributed by atoms with E-state index in [1.165, 1.54) is 11.1 Å². The molecule has 0 amide bonds. The molecule has 0 spiro atoms. The summed E-state index contributed by atoms with van der Waals surface area (Å²) in [5.41, 5.74) is 5.25. The number of fused-ring (bicyclic) bond motifs is 1. The average molecular weight is 342 g/mol. The number of halogens is 1. The van der Waals surface area contributed by atoms with E-state index in [2.05, 4.69) is 69.9 Å². The fourth-order valence-corrected chi connectivity index (χ4v) is 2.96. The molecule has 0 bridgehead atoms.